The number of carbonyl (C=O) groups excluding carboxylic acids is 1. The number of aromatic nitrogens is 1. The van der Waals surface area contributed by atoms with Gasteiger partial charge < -0.3 is 20.1 Å². The van der Waals surface area contributed by atoms with Gasteiger partial charge in [-0.2, -0.15) is 4.79 Å². The van der Waals surface area contributed by atoms with E-state index in [1.54, 1.807) is 23.7 Å². The molecule has 1 fully saturated rings. The molecule has 1 saturated heterocycles. The van der Waals surface area contributed by atoms with Gasteiger partial charge in [-0.3, -0.25) is 4.79 Å². The van der Waals surface area contributed by atoms with Crippen molar-refractivity contribution in [2.24, 2.45) is 7.05 Å². The Morgan fingerprint density at radius 3 is 2.36 bits per heavy atom. The number of amides is 2. The van der Waals surface area contributed by atoms with E-state index in [0.717, 1.165) is 16.6 Å². The number of quaternary nitrogens is 1. The number of aliphatic hydroxyl groups is 1. The summed E-state index contributed by atoms with van der Waals surface area (Å²) in [6.07, 6.45) is -0.0201. The molecule has 0 radical (unpaired) electrons. The Bertz CT molecular complexity index is 1330. The fourth-order valence-corrected chi connectivity index (χ4v) is 5.83. The van der Waals surface area contributed by atoms with E-state index in [2.05, 4.69) is 5.32 Å². The number of hydrogen-bond acceptors (Lipinski definition) is 3. The van der Waals surface area contributed by atoms with Gasteiger partial charge in [0.1, 0.15) is 11.2 Å². The number of nitrogens with zero attached hydrogens (tertiary/aromatic N) is 2. The zero-order chi connectivity index (χ0) is 26.5. The molecule has 9 heteroatoms. The van der Waals surface area contributed by atoms with E-state index in [1.807, 2.05) is 51.1 Å². The second kappa shape index (κ2) is 9.38. The second-order valence-electron chi connectivity index (χ2n) is 10.6. The van der Waals surface area contributed by atoms with Gasteiger partial charge >= 0.3 is 6.09 Å². The first-order valence-corrected chi connectivity index (χ1v) is 12.7. The Morgan fingerprint density at radius 1 is 1.11 bits per heavy atom. The summed E-state index contributed by atoms with van der Waals surface area (Å²) in [5, 5.41) is 24.7. The van der Waals surface area contributed by atoms with Gasteiger partial charge in [0.25, 0.3) is 5.91 Å². The maximum atomic E-state index is 13.7. The SMILES string of the molecule is Cn1c(C(=O)NC2(c3cccc(CO)c3)CC[N+](C(=O)O)(C(C)(C)C)CC2)cc2c(Cl)c(Cl)ccc21. The van der Waals surface area contributed by atoms with Crippen LogP contribution in [0.2, 0.25) is 10.0 Å². The minimum atomic E-state index is -0.869. The number of likely N-dealkylation sites (tertiary alicyclic amines) is 1. The predicted octanol–water partition coefficient (Wildman–Crippen LogP) is 5.69. The number of aryl methyl sites for hydroxylation is 1. The summed E-state index contributed by atoms with van der Waals surface area (Å²) in [5.41, 5.74) is 1.46. The first-order chi connectivity index (χ1) is 16.8. The van der Waals surface area contributed by atoms with Crippen LogP contribution in [0.4, 0.5) is 4.79 Å². The lowest BCUT2D eigenvalue weighted by atomic mass is 9.77. The lowest BCUT2D eigenvalue weighted by Gasteiger charge is -2.51. The molecular formula is C27H32Cl2N3O4+. The molecule has 3 N–H and O–H groups in total. The smallest absolute Gasteiger partial charge is 0.435 e. The van der Waals surface area contributed by atoms with Crippen molar-refractivity contribution in [3.05, 3.63) is 69.3 Å². The van der Waals surface area contributed by atoms with Crippen LogP contribution in [0, 0.1) is 0 Å². The highest BCUT2D eigenvalue weighted by molar-refractivity contribution is 6.45. The number of nitrogens with one attached hydrogen (secondary N) is 1. The van der Waals surface area contributed by atoms with Gasteiger partial charge in [0, 0.05) is 30.8 Å². The summed E-state index contributed by atoms with van der Waals surface area (Å²) < 4.78 is 1.69. The Morgan fingerprint density at radius 2 is 1.78 bits per heavy atom. The van der Waals surface area contributed by atoms with Crippen molar-refractivity contribution in [3.63, 3.8) is 0 Å². The van der Waals surface area contributed by atoms with Crippen LogP contribution in [0.5, 0.6) is 0 Å². The van der Waals surface area contributed by atoms with E-state index in [9.17, 15) is 19.8 Å². The number of rotatable bonds is 4. The van der Waals surface area contributed by atoms with Crippen molar-refractivity contribution in [2.75, 3.05) is 13.1 Å². The zero-order valence-corrected chi connectivity index (χ0v) is 22.5. The van der Waals surface area contributed by atoms with Crippen molar-refractivity contribution in [2.45, 2.75) is 51.3 Å². The van der Waals surface area contributed by atoms with Crippen LogP contribution in [-0.4, -0.2) is 49.9 Å². The number of aliphatic hydroxyl groups excluding tert-OH is 1. The fraction of sp³-hybridized carbons (Fsp3) is 0.407. The van der Waals surface area contributed by atoms with Crippen LogP contribution in [0.15, 0.2) is 42.5 Å². The van der Waals surface area contributed by atoms with E-state index >= 15 is 0 Å². The van der Waals surface area contributed by atoms with E-state index in [-0.39, 0.29) is 17.0 Å². The molecular weight excluding hydrogens is 501 g/mol. The Labute approximate surface area is 220 Å². The molecule has 0 spiro atoms. The monoisotopic (exact) mass is 532 g/mol. The highest BCUT2D eigenvalue weighted by Crippen LogP contribution is 2.41. The summed E-state index contributed by atoms with van der Waals surface area (Å²) in [4.78, 5) is 26.2. The summed E-state index contributed by atoms with van der Waals surface area (Å²) >= 11 is 12.6. The standard InChI is InChI=1S/C27H31Cl2N3O4/c1-26(2,3)32(25(35)36)12-10-27(11-13-32,18-7-5-6-17(14-18)16-33)30-24(34)22-15-19-21(31(22)4)9-8-20(28)23(19)29/h5-9,14-15,33H,10-13,16H2,1-4H3,(H-,30,34,35,36)/p+1. The molecule has 2 heterocycles. The Hall–Kier alpha value is -2.58. The van der Waals surface area contributed by atoms with Crippen molar-refractivity contribution < 1.29 is 24.3 Å². The molecule has 0 unspecified atom stereocenters. The summed E-state index contributed by atoms with van der Waals surface area (Å²) in [5.74, 6) is -0.290. The first-order valence-electron chi connectivity index (χ1n) is 11.9. The van der Waals surface area contributed by atoms with E-state index < -0.39 is 17.2 Å². The van der Waals surface area contributed by atoms with Crippen LogP contribution >= 0.6 is 23.2 Å². The number of carbonyl (C=O) groups is 2. The maximum Gasteiger partial charge on any atom is 0.513 e. The molecule has 2 amide bonds. The molecule has 1 aliphatic rings. The fourth-order valence-electron chi connectivity index (χ4n) is 5.45. The van der Waals surface area contributed by atoms with Crippen LogP contribution in [0.25, 0.3) is 10.9 Å². The summed E-state index contributed by atoms with van der Waals surface area (Å²) in [6.45, 7) is 6.37. The Kier molecular flexibility index (Phi) is 6.90. The number of carboxylic acid groups (broad SMARTS) is 1. The van der Waals surface area contributed by atoms with E-state index in [0.29, 0.717) is 47.1 Å². The maximum absolute atomic E-state index is 13.7. The quantitative estimate of drug-likeness (QED) is 0.376. The second-order valence-corrected chi connectivity index (χ2v) is 11.4. The molecule has 0 saturated carbocycles. The average Bonchev–Trinajstić information content (AvgIpc) is 3.18. The van der Waals surface area contributed by atoms with Gasteiger partial charge in [-0.1, -0.05) is 47.5 Å². The van der Waals surface area contributed by atoms with Crippen molar-refractivity contribution in [1.82, 2.24) is 9.88 Å². The minimum absolute atomic E-state index is 0.0908. The summed E-state index contributed by atoms with van der Waals surface area (Å²) in [7, 11) is 1.80. The first kappa shape index (κ1) is 26.5. The third-order valence-electron chi connectivity index (χ3n) is 7.85. The highest BCUT2D eigenvalue weighted by atomic mass is 35.5. The highest BCUT2D eigenvalue weighted by Gasteiger charge is 2.54. The molecule has 3 aromatic rings. The number of halogens is 2. The molecule has 1 aromatic heterocycles. The molecule has 1 aliphatic heterocycles. The normalized spacial score (nSPS) is 22.5. The number of piperidine rings is 1. The van der Waals surface area contributed by atoms with Crippen LogP contribution in [0.1, 0.15) is 55.2 Å². The number of fused-ring (bicyclic) bond motifs is 1. The molecule has 4 rings (SSSR count). The zero-order valence-electron chi connectivity index (χ0n) is 20.9. The van der Waals surface area contributed by atoms with Crippen LogP contribution < -0.4 is 5.32 Å². The van der Waals surface area contributed by atoms with Gasteiger partial charge in [-0.25, -0.2) is 4.48 Å². The van der Waals surface area contributed by atoms with Crippen LogP contribution in [-0.2, 0) is 19.2 Å². The van der Waals surface area contributed by atoms with E-state index in [4.69, 9.17) is 23.2 Å². The molecule has 7 nitrogen and oxygen atoms in total. The largest absolute Gasteiger partial charge is 0.513 e. The lowest BCUT2D eigenvalue weighted by Crippen LogP contribution is -2.69. The average molecular weight is 533 g/mol. The van der Waals surface area contributed by atoms with Gasteiger partial charge in [0.2, 0.25) is 0 Å². The van der Waals surface area contributed by atoms with Gasteiger partial charge in [-0.15, -0.1) is 0 Å². The van der Waals surface area contributed by atoms with Crippen LogP contribution in [0.3, 0.4) is 0 Å². The molecule has 192 valence electrons. The van der Waals surface area contributed by atoms with Crippen molar-refractivity contribution >= 4 is 46.1 Å². The number of hydrogen-bond donors (Lipinski definition) is 3. The van der Waals surface area contributed by atoms with Gasteiger partial charge in [-0.05, 0) is 50.1 Å². The van der Waals surface area contributed by atoms with Crippen molar-refractivity contribution in [3.8, 4) is 0 Å². The minimum Gasteiger partial charge on any atom is -0.435 e. The van der Waals surface area contributed by atoms with Crippen molar-refractivity contribution in [1.29, 1.82) is 0 Å². The molecule has 0 aliphatic carbocycles. The van der Waals surface area contributed by atoms with Gasteiger partial charge in [0.15, 0.2) is 0 Å². The number of benzene rings is 2. The van der Waals surface area contributed by atoms with Gasteiger partial charge in [0.05, 0.1) is 35.3 Å². The Balaban J connectivity index is 1.76. The molecule has 36 heavy (non-hydrogen) atoms. The third kappa shape index (κ3) is 4.28. The molecule has 0 atom stereocenters. The third-order valence-corrected chi connectivity index (χ3v) is 8.67. The summed E-state index contributed by atoms with van der Waals surface area (Å²) in [6, 6.07) is 12.7. The van der Waals surface area contributed by atoms with E-state index in [1.165, 1.54) is 0 Å². The molecule has 0 bridgehead atoms. The molecule has 2 aromatic carbocycles. The topological polar surface area (TPSA) is 91.6 Å². The lowest BCUT2D eigenvalue weighted by molar-refractivity contribution is -0.909. The predicted molar refractivity (Wildman–Crippen MR) is 141 cm³/mol.